The molecule has 1 amide bonds. The van der Waals surface area contributed by atoms with E-state index in [0.29, 0.717) is 11.3 Å². The molecule has 4 rings (SSSR count). The zero-order valence-electron chi connectivity index (χ0n) is 18.0. The van der Waals surface area contributed by atoms with Gasteiger partial charge in [-0.05, 0) is 66.8 Å². The third kappa shape index (κ3) is 5.11. The fourth-order valence-electron chi connectivity index (χ4n) is 3.29. The van der Waals surface area contributed by atoms with Gasteiger partial charge >= 0.3 is 0 Å². The zero-order valence-corrected chi connectivity index (χ0v) is 19.7. The van der Waals surface area contributed by atoms with E-state index in [1.165, 1.54) is 18.2 Å². The number of primary sulfonamides is 1. The molecule has 168 valence electrons. The second kappa shape index (κ2) is 9.14. The monoisotopic (exact) mass is 478 g/mol. The highest BCUT2D eigenvalue weighted by molar-refractivity contribution is 7.89. The summed E-state index contributed by atoms with van der Waals surface area (Å²) >= 11 is 1.56. The number of nitrogens with zero attached hydrogens (tertiary/aromatic N) is 2. The molecular weight excluding hydrogens is 456 g/mol. The molecule has 0 saturated carbocycles. The van der Waals surface area contributed by atoms with Crippen molar-refractivity contribution in [2.24, 2.45) is 5.14 Å². The fourth-order valence-corrected chi connectivity index (χ4v) is 4.64. The van der Waals surface area contributed by atoms with E-state index >= 15 is 0 Å². The van der Waals surface area contributed by atoms with Crippen LogP contribution in [-0.4, -0.2) is 24.1 Å². The minimum Gasteiger partial charge on any atom is -0.322 e. The van der Waals surface area contributed by atoms with Crippen LogP contribution in [0.3, 0.4) is 0 Å². The van der Waals surface area contributed by atoms with Crippen LogP contribution in [-0.2, 0) is 14.8 Å². The number of rotatable bonds is 6. The molecule has 33 heavy (non-hydrogen) atoms. The van der Waals surface area contributed by atoms with Gasteiger partial charge in [-0.25, -0.2) is 18.2 Å². The van der Waals surface area contributed by atoms with Crippen LogP contribution in [0, 0.1) is 13.8 Å². The van der Waals surface area contributed by atoms with Gasteiger partial charge in [-0.2, -0.15) is 5.10 Å². The van der Waals surface area contributed by atoms with Gasteiger partial charge in [0.05, 0.1) is 15.5 Å². The summed E-state index contributed by atoms with van der Waals surface area (Å²) in [4.78, 5) is 13.6. The van der Waals surface area contributed by atoms with Crippen molar-refractivity contribution < 1.29 is 13.2 Å². The molecule has 2 aromatic heterocycles. The highest BCUT2D eigenvalue weighted by Gasteiger charge is 2.15. The molecule has 3 N–H and O–H groups in total. The number of amides is 1. The number of aromatic nitrogens is 2. The van der Waals surface area contributed by atoms with Gasteiger partial charge in [-0.3, -0.25) is 4.79 Å². The number of hydrogen-bond acceptors (Lipinski definition) is 5. The maximum atomic E-state index is 12.7. The topological polar surface area (TPSA) is 107 Å². The Morgan fingerprint density at radius 2 is 1.88 bits per heavy atom. The summed E-state index contributed by atoms with van der Waals surface area (Å²) in [7, 11) is -3.89. The van der Waals surface area contributed by atoms with Crippen molar-refractivity contribution in [3.05, 3.63) is 88.9 Å². The maximum absolute atomic E-state index is 12.7. The van der Waals surface area contributed by atoms with Crippen LogP contribution in [0.2, 0.25) is 0 Å². The van der Waals surface area contributed by atoms with E-state index in [4.69, 9.17) is 10.2 Å². The number of para-hydroxylation sites is 1. The van der Waals surface area contributed by atoms with E-state index in [0.717, 1.165) is 27.4 Å². The molecule has 0 atom stereocenters. The maximum Gasteiger partial charge on any atom is 0.248 e. The van der Waals surface area contributed by atoms with Crippen molar-refractivity contribution in [3.63, 3.8) is 0 Å². The van der Waals surface area contributed by atoms with E-state index in [1.54, 1.807) is 35.9 Å². The molecule has 9 heteroatoms. The van der Waals surface area contributed by atoms with Crippen LogP contribution in [0.4, 0.5) is 5.69 Å². The van der Waals surface area contributed by atoms with Crippen molar-refractivity contribution in [1.29, 1.82) is 0 Å². The van der Waals surface area contributed by atoms with E-state index in [9.17, 15) is 13.2 Å². The molecule has 0 bridgehead atoms. The van der Waals surface area contributed by atoms with Gasteiger partial charge in [0, 0.05) is 23.5 Å². The number of nitrogens with one attached hydrogen (secondary N) is 1. The Morgan fingerprint density at radius 1 is 1.12 bits per heavy atom. The summed E-state index contributed by atoms with van der Waals surface area (Å²) in [6, 6.07) is 16.5. The van der Waals surface area contributed by atoms with Crippen LogP contribution < -0.4 is 10.5 Å². The van der Waals surface area contributed by atoms with Gasteiger partial charge in [-0.1, -0.05) is 24.3 Å². The molecule has 2 aromatic carbocycles. The Bertz CT molecular complexity index is 1440. The van der Waals surface area contributed by atoms with Gasteiger partial charge in [-0.15, -0.1) is 11.3 Å². The molecule has 0 aliphatic rings. The molecule has 4 aromatic rings. The summed E-state index contributed by atoms with van der Waals surface area (Å²) in [5.41, 5.74) is 4.33. The predicted octanol–water partition coefficient (Wildman–Crippen LogP) is 4.52. The van der Waals surface area contributed by atoms with E-state index in [2.05, 4.69) is 5.32 Å². The molecule has 0 unspecified atom stereocenters. The number of nitrogens with two attached hydrogens (primary N) is 1. The van der Waals surface area contributed by atoms with Crippen LogP contribution in [0.1, 0.15) is 16.7 Å². The quantitative estimate of drug-likeness (QED) is 0.397. The molecule has 0 spiro atoms. The van der Waals surface area contributed by atoms with Crippen molar-refractivity contribution in [1.82, 2.24) is 9.78 Å². The summed E-state index contributed by atoms with van der Waals surface area (Å²) in [5.74, 6) is -0.395. The molecule has 0 aliphatic carbocycles. The zero-order chi connectivity index (χ0) is 23.6. The Labute approximate surface area is 196 Å². The summed E-state index contributed by atoms with van der Waals surface area (Å²) in [5, 5.41) is 14.7. The average Bonchev–Trinajstić information content (AvgIpc) is 3.45. The normalized spacial score (nSPS) is 11.7. The minimum absolute atomic E-state index is 0.0472. The van der Waals surface area contributed by atoms with E-state index < -0.39 is 15.9 Å². The lowest BCUT2D eigenvalue weighted by atomic mass is 10.1. The van der Waals surface area contributed by atoms with Gasteiger partial charge in [0.2, 0.25) is 15.9 Å². The Hall–Kier alpha value is -3.53. The smallest absolute Gasteiger partial charge is 0.248 e. The lowest BCUT2D eigenvalue weighted by Crippen LogP contribution is -2.15. The number of carbonyl (C=O) groups excluding carboxylic acids is 1. The standard InChI is InChI=1S/C24H22N4O3S2/c1-16-13-20(33(25,30)31)14-21(17(16)2)26-23(29)11-10-18-15-28(19-7-4-3-5-8-19)27-24(18)22-9-6-12-32-22/h3-15H,1-2H3,(H,26,29)(H2,25,30,31)/b11-10+. The van der Waals surface area contributed by atoms with Crippen LogP contribution in [0.5, 0.6) is 0 Å². The van der Waals surface area contributed by atoms with Gasteiger partial charge in [0.1, 0.15) is 5.69 Å². The first-order chi connectivity index (χ1) is 15.7. The Kier molecular flexibility index (Phi) is 6.28. The number of benzene rings is 2. The van der Waals surface area contributed by atoms with Crippen molar-refractivity contribution in [2.75, 3.05) is 5.32 Å². The van der Waals surface area contributed by atoms with Gasteiger partial charge in [0.15, 0.2) is 0 Å². The summed E-state index contributed by atoms with van der Waals surface area (Å²) in [6.45, 7) is 3.57. The van der Waals surface area contributed by atoms with Crippen molar-refractivity contribution >= 4 is 39.0 Å². The Balaban J connectivity index is 1.64. The van der Waals surface area contributed by atoms with Gasteiger partial charge < -0.3 is 5.32 Å². The number of sulfonamides is 1. The lowest BCUT2D eigenvalue weighted by Gasteiger charge is -2.11. The fraction of sp³-hybridized carbons (Fsp3) is 0.0833. The number of hydrogen-bond donors (Lipinski definition) is 2. The number of aryl methyl sites for hydroxylation is 1. The first-order valence-corrected chi connectivity index (χ1v) is 12.5. The first-order valence-electron chi connectivity index (χ1n) is 10.0. The largest absolute Gasteiger partial charge is 0.322 e. The van der Waals surface area contributed by atoms with Gasteiger partial charge in [0.25, 0.3) is 0 Å². The second-order valence-electron chi connectivity index (χ2n) is 7.47. The van der Waals surface area contributed by atoms with E-state index in [1.807, 2.05) is 54.0 Å². The van der Waals surface area contributed by atoms with E-state index in [-0.39, 0.29) is 4.90 Å². The number of carbonyl (C=O) groups is 1. The number of thiophene rings is 1. The average molecular weight is 479 g/mol. The summed E-state index contributed by atoms with van der Waals surface area (Å²) in [6.07, 6.45) is 4.97. The number of anilines is 1. The lowest BCUT2D eigenvalue weighted by molar-refractivity contribution is -0.111. The van der Waals surface area contributed by atoms with Crippen molar-refractivity contribution in [3.8, 4) is 16.3 Å². The third-order valence-corrected chi connectivity index (χ3v) is 6.93. The molecule has 7 nitrogen and oxygen atoms in total. The van der Waals surface area contributed by atoms with Crippen LogP contribution >= 0.6 is 11.3 Å². The molecule has 0 aliphatic heterocycles. The molecular formula is C24H22N4O3S2. The first kappa shape index (κ1) is 22.7. The summed E-state index contributed by atoms with van der Waals surface area (Å²) < 4.78 is 25.3. The van der Waals surface area contributed by atoms with Crippen LogP contribution in [0.25, 0.3) is 22.3 Å². The minimum atomic E-state index is -3.89. The predicted molar refractivity (Wildman–Crippen MR) is 132 cm³/mol. The molecule has 0 radical (unpaired) electrons. The molecule has 0 saturated heterocycles. The Morgan fingerprint density at radius 3 is 2.55 bits per heavy atom. The third-order valence-electron chi connectivity index (χ3n) is 5.16. The second-order valence-corrected chi connectivity index (χ2v) is 9.98. The highest BCUT2D eigenvalue weighted by Crippen LogP contribution is 2.29. The van der Waals surface area contributed by atoms with Crippen LogP contribution in [0.15, 0.2) is 77.1 Å². The highest BCUT2D eigenvalue weighted by atomic mass is 32.2. The SMILES string of the molecule is Cc1cc(S(N)(=O)=O)cc(NC(=O)/C=C/c2cn(-c3ccccc3)nc2-c2cccs2)c1C. The molecule has 2 heterocycles. The van der Waals surface area contributed by atoms with Crippen molar-refractivity contribution in [2.45, 2.75) is 18.7 Å². The molecule has 0 fully saturated rings.